The molecule has 0 fully saturated rings. The van der Waals surface area contributed by atoms with Gasteiger partial charge >= 0.3 is 11.9 Å². The predicted molar refractivity (Wildman–Crippen MR) is 40.0 cm³/mol. The van der Waals surface area contributed by atoms with E-state index in [-0.39, 0.29) is 12.5 Å². The van der Waals surface area contributed by atoms with Gasteiger partial charge in [-0.15, -0.1) is 0 Å². The number of rotatable bonds is 4. The number of hydrogen-bond donors (Lipinski definition) is 4. The molecule has 4 N–H and O–H groups in total. The molecule has 0 atom stereocenters. The molecular formula is C6H6O9. The summed E-state index contributed by atoms with van der Waals surface area (Å²) in [7, 11) is 0. The van der Waals surface area contributed by atoms with Gasteiger partial charge < -0.3 is 20.4 Å². The molecule has 84 valence electrons. The Bertz CT molecular complexity index is 272. The SMILES string of the molecule is O=C(OOOC(=O)C(O)=CO)C(O)=CO. The summed E-state index contributed by atoms with van der Waals surface area (Å²) >= 11 is 0. The fourth-order valence-corrected chi connectivity index (χ4v) is 0.270. The van der Waals surface area contributed by atoms with E-state index in [1.807, 2.05) is 0 Å². The van der Waals surface area contributed by atoms with E-state index in [2.05, 4.69) is 14.8 Å². The van der Waals surface area contributed by atoms with Crippen LogP contribution in [0.3, 0.4) is 0 Å². The molecule has 0 aromatic rings. The summed E-state index contributed by atoms with van der Waals surface area (Å²) in [5.74, 6) is -5.49. The Morgan fingerprint density at radius 3 is 1.47 bits per heavy atom. The van der Waals surface area contributed by atoms with E-state index in [1.54, 1.807) is 0 Å². The second kappa shape index (κ2) is 6.10. The van der Waals surface area contributed by atoms with Gasteiger partial charge in [0.05, 0.1) is 0 Å². The maximum Gasteiger partial charge on any atom is 0.414 e. The molecule has 0 aliphatic carbocycles. The van der Waals surface area contributed by atoms with Gasteiger partial charge in [0, 0.05) is 5.04 Å². The summed E-state index contributed by atoms with van der Waals surface area (Å²) in [6.07, 6.45) is 0.0250. The van der Waals surface area contributed by atoms with Gasteiger partial charge in [0.15, 0.2) is 0 Å². The minimum absolute atomic E-state index is 0.0125. The quantitative estimate of drug-likeness (QED) is 0.220. The lowest BCUT2D eigenvalue weighted by molar-refractivity contribution is -0.457. The van der Waals surface area contributed by atoms with Crippen molar-refractivity contribution in [1.82, 2.24) is 0 Å². The maximum atomic E-state index is 10.5. The average Bonchev–Trinajstić information content (AvgIpc) is 2.26. The molecule has 9 nitrogen and oxygen atoms in total. The smallest absolute Gasteiger partial charge is 0.414 e. The molecule has 15 heavy (non-hydrogen) atoms. The molecule has 0 heterocycles. The Morgan fingerprint density at radius 1 is 0.867 bits per heavy atom. The second-order valence-corrected chi connectivity index (χ2v) is 1.84. The highest BCUT2D eigenvalue weighted by molar-refractivity contribution is 5.85. The van der Waals surface area contributed by atoms with Gasteiger partial charge in [-0.2, -0.15) is 0 Å². The van der Waals surface area contributed by atoms with Gasteiger partial charge in [0.2, 0.25) is 11.5 Å². The zero-order valence-electron chi connectivity index (χ0n) is 6.98. The number of aliphatic hydroxyl groups excluding tert-OH is 4. The van der Waals surface area contributed by atoms with Crippen LogP contribution >= 0.6 is 0 Å². The minimum atomic E-state index is -1.54. The Kier molecular flexibility index (Phi) is 5.11. The van der Waals surface area contributed by atoms with Crippen molar-refractivity contribution < 1.29 is 44.8 Å². The normalized spacial score (nSPS) is 12.0. The van der Waals surface area contributed by atoms with E-state index in [0.29, 0.717) is 0 Å². The number of carbonyl (C=O) groups excluding carboxylic acids is 2. The van der Waals surface area contributed by atoms with Crippen molar-refractivity contribution in [2.45, 2.75) is 0 Å². The van der Waals surface area contributed by atoms with Crippen molar-refractivity contribution >= 4 is 11.9 Å². The lowest BCUT2D eigenvalue weighted by atomic mass is 10.6. The van der Waals surface area contributed by atoms with E-state index >= 15 is 0 Å². The van der Waals surface area contributed by atoms with Gasteiger partial charge in [-0.1, -0.05) is 0 Å². The molecule has 0 aromatic carbocycles. The first-order valence-electron chi connectivity index (χ1n) is 3.19. The van der Waals surface area contributed by atoms with E-state index in [1.165, 1.54) is 0 Å². The van der Waals surface area contributed by atoms with Crippen molar-refractivity contribution in [2.24, 2.45) is 0 Å². The molecule has 0 saturated heterocycles. The highest BCUT2D eigenvalue weighted by atomic mass is 17.5. The van der Waals surface area contributed by atoms with Crippen LogP contribution in [0, 0.1) is 0 Å². The molecular weight excluding hydrogens is 216 g/mol. The topological polar surface area (TPSA) is 143 Å². The van der Waals surface area contributed by atoms with Crippen LogP contribution in [0.4, 0.5) is 0 Å². The molecule has 0 spiro atoms. The summed E-state index contributed by atoms with van der Waals surface area (Å²) in [4.78, 5) is 28.1. The zero-order chi connectivity index (χ0) is 11.8. The predicted octanol–water partition coefficient (Wildman–Crippen LogP) is -0.166. The zero-order valence-corrected chi connectivity index (χ0v) is 6.98. The summed E-state index contributed by atoms with van der Waals surface area (Å²) in [5, 5.41) is 36.6. The molecule has 0 amide bonds. The van der Waals surface area contributed by atoms with Crippen LogP contribution in [-0.4, -0.2) is 32.4 Å². The fourth-order valence-electron chi connectivity index (χ4n) is 0.270. The van der Waals surface area contributed by atoms with Crippen LogP contribution in [0.1, 0.15) is 0 Å². The minimum Gasteiger partial charge on any atom is -0.511 e. The van der Waals surface area contributed by atoms with Crippen LogP contribution in [0.15, 0.2) is 24.0 Å². The van der Waals surface area contributed by atoms with Crippen LogP contribution < -0.4 is 0 Å². The largest absolute Gasteiger partial charge is 0.511 e. The fraction of sp³-hybridized carbons (Fsp3) is 0. The standard InChI is InChI=1S/C6H6O9/c7-1-3(9)5(11)13-15-14-6(12)4(10)2-8/h1-2,7-10H. The van der Waals surface area contributed by atoms with Crippen molar-refractivity contribution in [3.05, 3.63) is 24.0 Å². The van der Waals surface area contributed by atoms with Gasteiger partial charge in [-0.05, 0) is 0 Å². The van der Waals surface area contributed by atoms with Gasteiger partial charge in [-0.25, -0.2) is 9.59 Å². The highest BCUT2D eigenvalue weighted by Gasteiger charge is 2.15. The Labute approximate surface area is 81.9 Å². The van der Waals surface area contributed by atoms with Crippen molar-refractivity contribution in [2.75, 3.05) is 0 Å². The molecule has 0 aromatic heterocycles. The molecule has 0 aliphatic heterocycles. The first-order chi connectivity index (χ1) is 7.02. The second-order valence-electron chi connectivity index (χ2n) is 1.84. The van der Waals surface area contributed by atoms with Crippen LogP contribution in [0.25, 0.3) is 0 Å². The summed E-state index contributed by atoms with van der Waals surface area (Å²) in [6.45, 7) is 0. The van der Waals surface area contributed by atoms with Gasteiger partial charge in [0.25, 0.3) is 0 Å². The lowest BCUT2D eigenvalue weighted by Gasteiger charge is -1.99. The Balaban J connectivity index is 3.91. The molecule has 0 saturated carbocycles. The average molecular weight is 222 g/mol. The van der Waals surface area contributed by atoms with Crippen LogP contribution in [-0.2, 0) is 24.4 Å². The summed E-state index contributed by atoms with van der Waals surface area (Å²) in [6, 6.07) is 0. The number of aliphatic hydroxyl groups is 4. The first-order valence-corrected chi connectivity index (χ1v) is 3.19. The highest BCUT2D eigenvalue weighted by Crippen LogP contribution is 1.96. The number of carbonyl (C=O) groups is 2. The summed E-state index contributed by atoms with van der Waals surface area (Å²) in [5.41, 5.74) is 0. The Hall–Kier alpha value is -2.42. The van der Waals surface area contributed by atoms with Crippen LogP contribution in [0.2, 0.25) is 0 Å². The van der Waals surface area contributed by atoms with E-state index in [4.69, 9.17) is 20.4 Å². The Morgan fingerprint density at radius 2 is 1.20 bits per heavy atom. The van der Waals surface area contributed by atoms with Gasteiger partial charge in [-0.3, -0.25) is 9.78 Å². The molecule has 0 unspecified atom stereocenters. The third kappa shape index (κ3) is 4.38. The molecule has 0 radical (unpaired) electrons. The lowest BCUT2D eigenvalue weighted by Crippen LogP contribution is -2.13. The maximum absolute atomic E-state index is 10.5. The van der Waals surface area contributed by atoms with E-state index in [0.717, 1.165) is 0 Å². The van der Waals surface area contributed by atoms with E-state index in [9.17, 15) is 9.59 Å². The van der Waals surface area contributed by atoms with Gasteiger partial charge in [0.1, 0.15) is 12.5 Å². The molecule has 0 aliphatic rings. The van der Waals surface area contributed by atoms with Crippen LogP contribution in [0.5, 0.6) is 0 Å². The molecule has 0 rings (SSSR count). The number of hydrogen-bond acceptors (Lipinski definition) is 9. The monoisotopic (exact) mass is 222 g/mol. The molecule has 0 bridgehead atoms. The summed E-state index contributed by atoms with van der Waals surface area (Å²) < 4.78 is 0. The molecule has 9 heteroatoms. The van der Waals surface area contributed by atoms with Crippen molar-refractivity contribution in [3.8, 4) is 0 Å². The first kappa shape index (κ1) is 12.6. The third-order valence-electron chi connectivity index (χ3n) is 0.882. The van der Waals surface area contributed by atoms with Crippen molar-refractivity contribution in [3.63, 3.8) is 0 Å². The van der Waals surface area contributed by atoms with E-state index < -0.39 is 23.5 Å². The van der Waals surface area contributed by atoms with Crippen molar-refractivity contribution in [1.29, 1.82) is 0 Å². The third-order valence-corrected chi connectivity index (χ3v) is 0.882.